The number of piperidine rings is 1. The minimum atomic E-state index is -0.752. The van der Waals surface area contributed by atoms with Gasteiger partial charge in [-0.3, -0.25) is 4.79 Å². The summed E-state index contributed by atoms with van der Waals surface area (Å²) in [6.07, 6.45) is 4.49. The molecule has 120 valence electrons. The average molecular weight is 314 g/mol. The first-order valence-corrected chi connectivity index (χ1v) is 8.91. The molecule has 2 atom stereocenters. The summed E-state index contributed by atoms with van der Waals surface area (Å²) in [6.45, 7) is 4.99. The first-order chi connectivity index (χ1) is 9.96. The Labute approximate surface area is 130 Å². The number of amides is 2. The maximum absolute atomic E-state index is 12.3. The van der Waals surface area contributed by atoms with Gasteiger partial charge < -0.3 is 15.3 Å². The van der Waals surface area contributed by atoms with Crippen LogP contribution in [0.15, 0.2) is 0 Å². The standard InChI is InChI=1S/C15H26N2O3S/c1-3-21-12-6-4-5-11(12)16-14(20)17-9-7-15(2,8-10-17)13(18)19/h11-12H,3-10H2,1-2H3,(H,16,20)(H,18,19). The Bertz CT molecular complexity index is 394. The second-order valence-corrected chi connectivity index (χ2v) is 7.85. The number of carbonyl (C=O) groups excluding carboxylic acids is 1. The molecule has 1 saturated carbocycles. The largest absolute Gasteiger partial charge is 0.481 e. The highest BCUT2D eigenvalue weighted by atomic mass is 32.2. The lowest BCUT2D eigenvalue weighted by Crippen LogP contribution is -2.51. The Kier molecular flexibility index (Phi) is 5.41. The zero-order chi connectivity index (χ0) is 15.5. The van der Waals surface area contributed by atoms with Gasteiger partial charge in [-0.1, -0.05) is 13.3 Å². The van der Waals surface area contributed by atoms with Crippen molar-refractivity contribution in [2.75, 3.05) is 18.8 Å². The molecule has 0 aromatic heterocycles. The van der Waals surface area contributed by atoms with Gasteiger partial charge in [-0.05, 0) is 38.4 Å². The molecule has 0 aromatic carbocycles. The van der Waals surface area contributed by atoms with Crippen LogP contribution in [0.5, 0.6) is 0 Å². The van der Waals surface area contributed by atoms with Crippen LogP contribution in [0.25, 0.3) is 0 Å². The van der Waals surface area contributed by atoms with E-state index in [9.17, 15) is 14.7 Å². The molecule has 1 aliphatic heterocycles. The van der Waals surface area contributed by atoms with E-state index in [1.165, 1.54) is 12.8 Å². The molecule has 2 aliphatic rings. The highest BCUT2D eigenvalue weighted by Crippen LogP contribution is 2.32. The topological polar surface area (TPSA) is 69.6 Å². The summed E-state index contributed by atoms with van der Waals surface area (Å²) in [6, 6.07) is 0.256. The number of carboxylic acid groups (broad SMARTS) is 1. The van der Waals surface area contributed by atoms with Crippen LogP contribution in [0, 0.1) is 5.41 Å². The van der Waals surface area contributed by atoms with Crippen molar-refractivity contribution in [3.63, 3.8) is 0 Å². The van der Waals surface area contributed by atoms with Crippen molar-refractivity contribution in [1.29, 1.82) is 0 Å². The van der Waals surface area contributed by atoms with E-state index >= 15 is 0 Å². The summed E-state index contributed by atoms with van der Waals surface area (Å²) in [5.41, 5.74) is -0.676. The van der Waals surface area contributed by atoms with Gasteiger partial charge in [0.1, 0.15) is 0 Å². The fourth-order valence-corrected chi connectivity index (χ4v) is 4.37. The Hall–Kier alpha value is -0.910. The maximum Gasteiger partial charge on any atom is 0.317 e. The molecule has 2 fully saturated rings. The highest BCUT2D eigenvalue weighted by molar-refractivity contribution is 7.99. The van der Waals surface area contributed by atoms with E-state index in [0.29, 0.717) is 31.2 Å². The molecule has 2 rings (SSSR count). The molecule has 0 spiro atoms. The van der Waals surface area contributed by atoms with Crippen molar-refractivity contribution in [2.45, 2.75) is 57.2 Å². The van der Waals surface area contributed by atoms with E-state index < -0.39 is 11.4 Å². The Morgan fingerprint density at radius 2 is 2.00 bits per heavy atom. The smallest absolute Gasteiger partial charge is 0.317 e. The van der Waals surface area contributed by atoms with Gasteiger partial charge in [-0.25, -0.2) is 4.79 Å². The van der Waals surface area contributed by atoms with Crippen molar-refractivity contribution in [3.05, 3.63) is 0 Å². The van der Waals surface area contributed by atoms with Crippen LogP contribution < -0.4 is 5.32 Å². The van der Waals surface area contributed by atoms with Crippen molar-refractivity contribution < 1.29 is 14.7 Å². The first kappa shape index (κ1) is 16.5. The summed E-state index contributed by atoms with van der Waals surface area (Å²) in [7, 11) is 0. The van der Waals surface area contributed by atoms with E-state index in [1.807, 2.05) is 11.8 Å². The summed E-state index contributed by atoms with van der Waals surface area (Å²) in [5.74, 6) is 0.329. The molecule has 21 heavy (non-hydrogen) atoms. The third kappa shape index (κ3) is 3.84. The number of carboxylic acids is 1. The minimum Gasteiger partial charge on any atom is -0.481 e. The van der Waals surface area contributed by atoms with Crippen LogP contribution in [0.4, 0.5) is 4.79 Å². The molecule has 2 N–H and O–H groups in total. The van der Waals surface area contributed by atoms with Gasteiger partial charge >= 0.3 is 12.0 Å². The molecule has 0 radical (unpaired) electrons. The van der Waals surface area contributed by atoms with Gasteiger partial charge in [-0.2, -0.15) is 11.8 Å². The zero-order valence-electron chi connectivity index (χ0n) is 12.9. The average Bonchev–Trinajstić information content (AvgIpc) is 2.87. The van der Waals surface area contributed by atoms with Crippen LogP contribution >= 0.6 is 11.8 Å². The van der Waals surface area contributed by atoms with Gasteiger partial charge in [0, 0.05) is 24.4 Å². The summed E-state index contributed by atoms with van der Waals surface area (Å²) in [5, 5.41) is 12.9. The number of urea groups is 1. The third-order valence-electron chi connectivity index (χ3n) is 4.81. The first-order valence-electron chi connectivity index (χ1n) is 7.87. The molecule has 5 nitrogen and oxygen atoms in total. The fourth-order valence-electron chi connectivity index (χ4n) is 3.17. The number of rotatable bonds is 4. The number of thioether (sulfide) groups is 1. The maximum atomic E-state index is 12.3. The predicted octanol–water partition coefficient (Wildman–Crippen LogP) is 2.56. The molecule has 1 heterocycles. The summed E-state index contributed by atoms with van der Waals surface area (Å²) < 4.78 is 0. The van der Waals surface area contributed by atoms with Crippen LogP contribution in [-0.4, -0.2) is 52.1 Å². The van der Waals surface area contributed by atoms with Crippen molar-refractivity contribution >= 4 is 23.8 Å². The number of nitrogens with zero attached hydrogens (tertiary/aromatic N) is 1. The SMILES string of the molecule is CCSC1CCCC1NC(=O)N1CCC(C)(C(=O)O)CC1. The molecular formula is C15H26N2O3S. The van der Waals surface area contributed by atoms with E-state index in [1.54, 1.807) is 11.8 Å². The number of hydrogen-bond donors (Lipinski definition) is 2. The van der Waals surface area contributed by atoms with E-state index in [2.05, 4.69) is 12.2 Å². The molecule has 2 amide bonds. The fraction of sp³-hybridized carbons (Fsp3) is 0.867. The molecule has 1 aliphatic carbocycles. The van der Waals surface area contributed by atoms with E-state index in [4.69, 9.17) is 0 Å². The minimum absolute atomic E-state index is 0.0176. The number of aliphatic carboxylic acids is 1. The van der Waals surface area contributed by atoms with Gasteiger partial charge in [0.2, 0.25) is 0 Å². The normalized spacial score (nSPS) is 28.4. The lowest BCUT2D eigenvalue weighted by Gasteiger charge is -2.37. The van der Waals surface area contributed by atoms with Crippen LogP contribution in [0.2, 0.25) is 0 Å². The molecule has 6 heteroatoms. The quantitative estimate of drug-likeness (QED) is 0.837. The van der Waals surface area contributed by atoms with E-state index in [0.717, 1.165) is 12.2 Å². The Morgan fingerprint density at radius 3 is 2.57 bits per heavy atom. The van der Waals surface area contributed by atoms with Crippen LogP contribution in [0.1, 0.15) is 46.0 Å². The molecule has 2 unspecified atom stereocenters. The summed E-state index contributed by atoms with van der Waals surface area (Å²) >= 11 is 1.93. The van der Waals surface area contributed by atoms with Gasteiger partial charge in [0.25, 0.3) is 0 Å². The Balaban J connectivity index is 1.83. The van der Waals surface area contributed by atoms with Gasteiger partial charge in [0.05, 0.1) is 5.41 Å². The zero-order valence-corrected chi connectivity index (χ0v) is 13.7. The number of nitrogens with one attached hydrogen (secondary N) is 1. The lowest BCUT2D eigenvalue weighted by molar-refractivity contribution is -0.150. The number of hydrogen-bond acceptors (Lipinski definition) is 3. The van der Waals surface area contributed by atoms with E-state index in [-0.39, 0.29) is 12.1 Å². The van der Waals surface area contributed by atoms with Gasteiger partial charge in [0.15, 0.2) is 0 Å². The number of carbonyl (C=O) groups is 2. The van der Waals surface area contributed by atoms with Crippen molar-refractivity contribution in [2.24, 2.45) is 5.41 Å². The third-order valence-corrected chi connectivity index (χ3v) is 6.14. The second-order valence-electron chi connectivity index (χ2n) is 6.33. The Morgan fingerprint density at radius 1 is 1.33 bits per heavy atom. The summed E-state index contributed by atoms with van der Waals surface area (Å²) in [4.78, 5) is 25.3. The predicted molar refractivity (Wildman–Crippen MR) is 84.6 cm³/mol. The second kappa shape index (κ2) is 6.90. The van der Waals surface area contributed by atoms with Crippen molar-refractivity contribution in [3.8, 4) is 0 Å². The monoisotopic (exact) mass is 314 g/mol. The number of likely N-dealkylation sites (tertiary alicyclic amines) is 1. The molecular weight excluding hydrogens is 288 g/mol. The molecule has 0 aromatic rings. The van der Waals surface area contributed by atoms with Gasteiger partial charge in [-0.15, -0.1) is 0 Å². The molecule has 1 saturated heterocycles. The highest BCUT2D eigenvalue weighted by Gasteiger charge is 2.38. The van der Waals surface area contributed by atoms with Crippen LogP contribution in [-0.2, 0) is 4.79 Å². The van der Waals surface area contributed by atoms with Crippen LogP contribution in [0.3, 0.4) is 0 Å². The lowest BCUT2D eigenvalue weighted by atomic mass is 9.80. The molecule has 0 bridgehead atoms. The van der Waals surface area contributed by atoms with Crippen molar-refractivity contribution in [1.82, 2.24) is 10.2 Å².